The van der Waals surface area contributed by atoms with Gasteiger partial charge in [0.05, 0.1) is 13.1 Å². The maximum Gasteiger partial charge on any atom is 0.522 e. The lowest BCUT2D eigenvalue weighted by Crippen LogP contribution is -2.61. The van der Waals surface area contributed by atoms with Crippen molar-refractivity contribution in [2.24, 2.45) is 0 Å². The van der Waals surface area contributed by atoms with Gasteiger partial charge in [-0.2, -0.15) is 0 Å². The standard InChI is InChI=1S/C27H29BN4O9/c1-2-30-12-13-32(25(35)24(30)34)27(38)29-21(16-6-4-3-5-7-16)23(33)31-14-18(15-31)40-19-9-8-17-10-11-28(39)41-22(17)20(19)26(36)37/h3-9,18,21,39H,2,10-15H2,1H3,(H,29,38)(H,36,37)/t21-/m1/s1. The van der Waals surface area contributed by atoms with E-state index in [0.29, 0.717) is 30.4 Å². The molecule has 2 fully saturated rings. The molecule has 14 heteroatoms. The summed E-state index contributed by atoms with van der Waals surface area (Å²) in [6, 6.07) is 9.76. The Labute approximate surface area is 235 Å². The molecule has 0 radical (unpaired) electrons. The van der Waals surface area contributed by atoms with Gasteiger partial charge in [0.25, 0.3) is 0 Å². The first-order valence-corrected chi connectivity index (χ1v) is 13.3. The number of imide groups is 1. The molecule has 3 aliphatic heterocycles. The number of carbonyl (C=O) groups is 5. The number of fused-ring (bicyclic) bond motifs is 1. The highest BCUT2D eigenvalue weighted by Gasteiger charge is 2.41. The van der Waals surface area contributed by atoms with Crippen molar-refractivity contribution >= 4 is 36.8 Å². The predicted molar refractivity (Wildman–Crippen MR) is 143 cm³/mol. The number of urea groups is 1. The third kappa shape index (κ3) is 5.55. The number of aromatic carboxylic acids is 1. The zero-order valence-corrected chi connectivity index (χ0v) is 22.3. The number of ether oxygens (including phenoxy) is 1. The minimum absolute atomic E-state index is 0.00695. The number of piperazine rings is 1. The zero-order valence-electron chi connectivity index (χ0n) is 22.3. The molecule has 13 nitrogen and oxygen atoms in total. The summed E-state index contributed by atoms with van der Waals surface area (Å²) in [5.74, 6) is -3.32. The average Bonchev–Trinajstić information content (AvgIpc) is 2.94. The van der Waals surface area contributed by atoms with Crippen LogP contribution in [0, 0.1) is 0 Å². The van der Waals surface area contributed by atoms with Crippen molar-refractivity contribution in [3.05, 3.63) is 59.2 Å². The van der Waals surface area contributed by atoms with Crippen LogP contribution >= 0.6 is 0 Å². The monoisotopic (exact) mass is 564 g/mol. The third-order valence-electron chi connectivity index (χ3n) is 7.37. The lowest BCUT2D eigenvalue weighted by molar-refractivity contribution is -0.153. The number of nitrogens with zero attached hydrogens (tertiary/aromatic N) is 3. The molecule has 0 spiro atoms. The summed E-state index contributed by atoms with van der Waals surface area (Å²) in [6.07, 6.45) is 0.283. The lowest BCUT2D eigenvalue weighted by Gasteiger charge is -2.41. The highest BCUT2D eigenvalue weighted by Crippen LogP contribution is 2.37. The Hall–Kier alpha value is -4.59. The second-order valence-corrected chi connectivity index (χ2v) is 9.96. The number of rotatable bonds is 7. The average molecular weight is 564 g/mol. The van der Waals surface area contributed by atoms with Gasteiger partial charge in [0.1, 0.15) is 29.2 Å². The van der Waals surface area contributed by atoms with Crippen LogP contribution in [0.5, 0.6) is 11.5 Å². The summed E-state index contributed by atoms with van der Waals surface area (Å²) in [4.78, 5) is 67.0. The van der Waals surface area contributed by atoms with Gasteiger partial charge in [0.2, 0.25) is 5.91 Å². The van der Waals surface area contributed by atoms with Crippen molar-refractivity contribution in [3.63, 3.8) is 0 Å². The number of likely N-dealkylation sites (tertiary alicyclic amines) is 1. The molecule has 3 heterocycles. The van der Waals surface area contributed by atoms with Crippen LogP contribution < -0.4 is 14.7 Å². The van der Waals surface area contributed by atoms with Gasteiger partial charge in [-0.05, 0) is 36.9 Å². The first kappa shape index (κ1) is 28.0. The molecule has 0 aliphatic carbocycles. The van der Waals surface area contributed by atoms with Gasteiger partial charge in [0, 0.05) is 19.6 Å². The zero-order chi connectivity index (χ0) is 29.3. The van der Waals surface area contributed by atoms with Crippen molar-refractivity contribution in [1.82, 2.24) is 20.0 Å². The van der Waals surface area contributed by atoms with E-state index in [-0.39, 0.29) is 43.2 Å². The Morgan fingerprint density at radius 1 is 1.10 bits per heavy atom. The van der Waals surface area contributed by atoms with Crippen LogP contribution in [0.15, 0.2) is 42.5 Å². The lowest BCUT2D eigenvalue weighted by atomic mass is 9.78. The molecule has 214 valence electrons. The van der Waals surface area contributed by atoms with Crippen LogP contribution in [0.2, 0.25) is 6.32 Å². The molecule has 1 atom stereocenters. The summed E-state index contributed by atoms with van der Waals surface area (Å²) in [7, 11) is -1.11. The van der Waals surface area contributed by atoms with Crippen molar-refractivity contribution in [3.8, 4) is 11.5 Å². The number of aryl methyl sites for hydroxylation is 1. The van der Waals surface area contributed by atoms with Crippen molar-refractivity contribution < 1.29 is 43.5 Å². The Bertz CT molecular complexity index is 1380. The van der Waals surface area contributed by atoms with E-state index in [2.05, 4.69) is 5.32 Å². The number of carboxylic acids is 1. The van der Waals surface area contributed by atoms with E-state index in [1.807, 2.05) is 0 Å². The number of hydrogen-bond acceptors (Lipinski definition) is 8. The molecular weight excluding hydrogens is 535 g/mol. The molecule has 41 heavy (non-hydrogen) atoms. The molecule has 2 aromatic rings. The molecule has 2 aromatic carbocycles. The normalized spacial score (nSPS) is 17.8. The first-order chi connectivity index (χ1) is 19.7. The van der Waals surface area contributed by atoms with Crippen LogP contribution in [-0.4, -0.2) is 100 Å². The summed E-state index contributed by atoms with van der Waals surface area (Å²) in [5, 5.41) is 22.3. The van der Waals surface area contributed by atoms with Crippen molar-refractivity contribution in [2.75, 3.05) is 32.7 Å². The largest absolute Gasteiger partial charge is 0.535 e. The summed E-state index contributed by atoms with van der Waals surface area (Å²) < 4.78 is 11.3. The number of carbonyl (C=O) groups excluding carboxylic acids is 4. The Morgan fingerprint density at radius 3 is 2.51 bits per heavy atom. The summed E-state index contributed by atoms with van der Waals surface area (Å²) in [5.41, 5.74) is 0.950. The Morgan fingerprint density at radius 2 is 1.83 bits per heavy atom. The second kappa shape index (κ2) is 11.5. The van der Waals surface area contributed by atoms with E-state index in [9.17, 15) is 34.1 Å². The topological polar surface area (TPSA) is 166 Å². The van der Waals surface area contributed by atoms with E-state index >= 15 is 0 Å². The minimum atomic E-state index is -1.27. The van der Waals surface area contributed by atoms with E-state index in [1.54, 1.807) is 43.3 Å². The maximum absolute atomic E-state index is 13.5. The molecule has 0 saturated carbocycles. The van der Waals surface area contributed by atoms with Gasteiger partial charge in [0.15, 0.2) is 0 Å². The maximum atomic E-state index is 13.5. The summed E-state index contributed by atoms with van der Waals surface area (Å²) in [6.45, 7) is 2.52. The van der Waals surface area contributed by atoms with Crippen molar-refractivity contribution in [1.29, 1.82) is 0 Å². The number of likely N-dealkylation sites (N-methyl/N-ethyl adjacent to an activating group) is 1. The van der Waals surface area contributed by atoms with Gasteiger partial charge in [-0.3, -0.25) is 19.3 Å². The predicted octanol–water partition coefficient (Wildman–Crippen LogP) is 0.531. The van der Waals surface area contributed by atoms with E-state index in [1.165, 1.54) is 15.9 Å². The molecule has 0 bridgehead atoms. The van der Waals surface area contributed by atoms with Gasteiger partial charge in [-0.15, -0.1) is 0 Å². The smallest absolute Gasteiger partial charge is 0.522 e. The molecule has 5 amide bonds. The van der Waals surface area contributed by atoms with E-state index in [4.69, 9.17) is 9.39 Å². The fraction of sp³-hybridized carbons (Fsp3) is 0.370. The summed E-state index contributed by atoms with van der Waals surface area (Å²) >= 11 is 0. The van der Waals surface area contributed by atoms with Crippen LogP contribution in [0.4, 0.5) is 4.79 Å². The quantitative estimate of drug-likeness (QED) is 0.321. The van der Waals surface area contributed by atoms with Crippen LogP contribution in [-0.2, 0) is 20.8 Å². The highest BCUT2D eigenvalue weighted by molar-refractivity contribution is 6.44. The van der Waals surface area contributed by atoms with Gasteiger partial charge >= 0.3 is 30.9 Å². The third-order valence-corrected chi connectivity index (χ3v) is 7.37. The molecule has 3 aliphatic rings. The number of hydrogen-bond donors (Lipinski definition) is 3. The second-order valence-electron chi connectivity index (χ2n) is 9.96. The molecule has 3 N–H and O–H groups in total. The fourth-order valence-corrected chi connectivity index (χ4v) is 5.07. The van der Waals surface area contributed by atoms with Gasteiger partial charge in [-0.25, -0.2) is 9.59 Å². The van der Waals surface area contributed by atoms with Crippen LogP contribution in [0.25, 0.3) is 0 Å². The number of nitrogens with one attached hydrogen (secondary N) is 1. The molecular formula is C27H29BN4O9. The number of benzene rings is 2. The molecule has 0 aromatic heterocycles. The Kier molecular flexibility index (Phi) is 7.84. The van der Waals surface area contributed by atoms with E-state index < -0.39 is 49.0 Å². The minimum Gasteiger partial charge on any atom is -0.535 e. The van der Waals surface area contributed by atoms with E-state index in [0.717, 1.165) is 4.90 Å². The van der Waals surface area contributed by atoms with Crippen LogP contribution in [0.1, 0.15) is 34.5 Å². The SMILES string of the molecule is CCN1CCN(C(=O)N[C@@H](C(=O)N2CC(Oc3ccc4c(c3C(=O)O)OB(O)CC4)C2)c2ccccc2)C(=O)C1=O. The molecule has 0 unspecified atom stereocenters. The van der Waals surface area contributed by atoms with Crippen LogP contribution in [0.3, 0.4) is 0 Å². The number of carboxylic acid groups (broad SMARTS) is 1. The van der Waals surface area contributed by atoms with Gasteiger partial charge in [-0.1, -0.05) is 36.4 Å². The molecule has 5 rings (SSSR count). The van der Waals surface area contributed by atoms with Crippen molar-refractivity contribution in [2.45, 2.75) is 31.8 Å². The number of amides is 5. The highest BCUT2D eigenvalue weighted by atomic mass is 16.5. The first-order valence-electron chi connectivity index (χ1n) is 13.3. The molecule has 2 saturated heterocycles. The fourth-order valence-electron chi connectivity index (χ4n) is 5.07. The van der Waals surface area contributed by atoms with Gasteiger partial charge < -0.3 is 34.6 Å². The Balaban J connectivity index is 1.28.